The summed E-state index contributed by atoms with van der Waals surface area (Å²) in [5.41, 5.74) is 7.96. The number of nitrogens with one attached hydrogen (secondary N) is 2. The van der Waals surface area contributed by atoms with Crippen molar-refractivity contribution in [1.82, 2.24) is 9.62 Å². The standard InChI is InChI=1S/C28H34N4O4S/c1-18(2)26(29)28(34)32-16-14-20(15-17-32)31-37(35,36)25-13-12-24(22-10-6-7-11-23(22)25)30-27(33)21-9-5-4-8-19(21)3/h4-13,18,20,26,31H,14-17,29H2,1-3H3,(H,30,33)/t26-/m0/s1. The lowest BCUT2D eigenvalue weighted by atomic mass is 10.0. The van der Waals surface area contributed by atoms with Crippen LogP contribution in [0.3, 0.4) is 0 Å². The van der Waals surface area contributed by atoms with Crippen molar-refractivity contribution in [2.24, 2.45) is 11.7 Å². The Balaban J connectivity index is 1.52. The van der Waals surface area contributed by atoms with Crippen molar-refractivity contribution in [3.8, 4) is 0 Å². The number of amides is 2. The van der Waals surface area contributed by atoms with Gasteiger partial charge in [0.25, 0.3) is 5.91 Å². The molecule has 0 bridgehead atoms. The number of carbonyl (C=O) groups is 2. The predicted octanol–water partition coefficient (Wildman–Crippen LogP) is 3.65. The van der Waals surface area contributed by atoms with Crippen LogP contribution < -0.4 is 15.8 Å². The fourth-order valence-electron chi connectivity index (χ4n) is 4.63. The second-order valence-corrected chi connectivity index (χ2v) is 11.6. The fraction of sp³-hybridized carbons (Fsp3) is 0.357. The highest BCUT2D eigenvalue weighted by Crippen LogP contribution is 2.30. The molecule has 1 aliphatic rings. The summed E-state index contributed by atoms with van der Waals surface area (Å²) in [6, 6.07) is 16.7. The van der Waals surface area contributed by atoms with Gasteiger partial charge in [-0.25, -0.2) is 13.1 Å². The summed E-state index contributed by atoms with van der Waals surface area (Å²) in [5.74, 6) is -0.303. The monoisotopic (exact) mass is 522 g/mol. The van der Waals surface area contributed by atoms with E-state index in [2.05, 4.69) is 10.0 Å². The summed E-state index contributed by atoms with van der Waals surface area (Å²) in [6.45, 7) is 6.60. The first kappa shape index (κ1) is 26.8. The molecule has 0 saturated carbocycles. The molecule has 196 valence electrons. The van der Waals surface area contributed by atoms with E-state index < -0.39 is 16.1 Å². The highest BCUT2D eigenvalue weighted by molar-refractivity contribution is 7.89. The van der Waals surface area contributed by atoms with Crippen LogP contribution in [0.5, 0.6) is 0 Å². The van der Waals surface area contributed by atoms with Crippen molar-refractivity contribution in [2.45, 2.75) is 50.6 Å². The number of hydrogen-bond donors (Lipinski definition) is 3. The molecule has 4 rings (SSSR count). The maximum atomic E-state index is 13.4. The number of fused-ring (bicyclic) bond motifs is 1. The number of nitrogens with two attached hydrogens (primary N) is 1. The van der Waals surface area contributed by atoms with Gasteiger partial charge in [-0.1, -0.05) is 56.3 Å². The molecule has 2 amide bonds. The second-order valence-electron chi connectivity index (χ2n) is 9.92. The van der Waals surface area contributed by atoms with Gasteiger partial charge in [0.15, 0.2) is 0 Å². The predicted molar refractivity (Wildman–Crippen MR) is 146 cm³/mol. The Labute approximate surface area is 218 Å². The van der Waals surface area contributed by atoms with Crippen LogP contribution in [0.2, 0.25) is 0 Å². The largest absolute Gasteiger partial charge is 0.341 e. The zero-order valence-electron chi connectivity index (χ0n) is 21.4. The maximum absolute atomic E-state index is 13.4. The van der Waals surface area contributed by atoms with Gasteiger partial charge in [0.05, 0.1) is 10.9 Å². The van der Waals surface area contributed by atoms with E-state index in [9.17, 15) is 18.0 Å². The summed E-state index contributed by atoms with van der Waals surface area (Å²) in [7, 11) is -3.85. The lowest BCUT2D eigenvalue weighted by Crippen LogP contribution is -2.52. The third kappa shape index (κ3) is 5.84. The lowest BCUT2D eigenvalue weighted by molar-refractivity contribution is -0.134. The van der Waals surface area contributed by atoms with Gasteiger partial charge >= 0.3 is 0 Å². The average molecular weight is 523 g/mol. The quantitative estimate of drug-likeness (QED) is 0.437. The van der Waals surface area contributed by atoms with Crippen molar-refractivity contribution in [1.29, 1.82) is 0 Å². The fourth-order valence-corrected chi connectivity index (χ4v) is 6.14. The molecule has 3 aromatic carbocycles. The summed E-state index contributed by atoms with van der Waals surface area (Å²) >= 11 is 0. The van der Waals surface area contributed by atoms with E-state index in [0.717, 1.165) is 5.56 Å². The first-order valence-electron chi connectivity index (χ1n) is 12.5. The van der Waals surface area contributed by atoms with Crippen molar-refractivity contribution in [3.63, 3.8) is 0 Å². The highest BCUT2D eigenvalue weighted by Gasteiger charge is 2.30. The van der Waals surface area contributed by atoms with Crippen LogP contribution in [0.15, 0.2) is 65.6 Å². The lowest BCUT2D eigenvalue weighted by Gasteiger charge is -2.34. The van der Waals surface area contributed by atoms with Crippen molar-refractivity contribution >= 4 is 38.3 Å². The Morgan fingerprint density at radius 3 is 2.22 bits per heavy atom. The number of carbonyl (C=O) groups excluding carboxylic acids is 2. The molecule has 0 aliphatic carbocycles. The topological polar surface area (TPSA) is 122 Å². The van der Waals surface area contributed by atoms with E-state index in [1.807, 2.05) is 39.0 Å². The molecule has 1 fully saturated rings. The van der Waals surface area contributed by atoms with Crippen LogP contribution in [0.25, 0.3) is 10.8 Å². The summed E-state index contributed by atoms with van der Waals surface area (Å²) < 4.78 is 29.7. The van der Waals surface area contributed by atoms with Crippen LogP contribution in [0, 0.1) is 12.8 Å². The van der Waals surface area contributed by atoms with E-state index in [-0.39, 0.29) is 28.7 Å². The van der Waals surface area contributed by atoms with E-state index in [4.69, 9.17) is 5.73 Å². The van der Waals surface area contributed by atoms with Crippen LogP contribution in [-0.4, -0.2) is 50.3 Å². The van der Waals surface area contributed by atoms with Crippen molar-refractivity contribution in [2.75, 3.05) is 18.4 Å². The van der Waals surface area contributed by atoms with Crippen LogP contribution in [0.4, 0.5) is 5.69 Å². The number of piperidine rings is 1. The first-order valence-corrected chi connectivity index (χ1v) is 14.0. The Hall–Kier alpha value is -3.27. The zero-order valence-corrected chi connectivity index (χ0v) is 22.2. The summed E-state index contributed by atoms with van der Waals surface area (Å²) in [4.78, 5) is 27.3. The Kier molecular flexibility index (Phi) is 7.96. The highest BCUT2D eigenvalue weighted by atomic mass is 32.2. The van der Waals surface area contributed by atoms with Crippen LogP contribution in [0.1, 0.15) is 42.6 Å². The molecule has 1 aliphatic heterocycles. The minimum atomic E-state index is -3.85. The summed E-state index contributed by atoms with van der Waals surface area (Å²) in [6.07, 6.45) is 1.02. The molecule has 3 aromatic rings. The van der Waals surface area contributed by atoms with Gasteiger partial charge in [0.2, 0.25) is 15.9 Å². The second kappa shape index (κ2) is 11.0. The summed E-state index contributed by atoms with van der Waals surface area (Å²) in [5, 5.41) is 4.09. The minimum absolute atomic E-state index is 0.0430. The Bertz CT molecular complexity index is 1410. The molecule has 4 N–H and O–H groups in total. The molecular formula is C28H34N4O4S. The molecule has 1 heterocycles. The molecular weight excluding hydrogens is 488 g/mol. The molecule has 0 radical (unpaired) electrons. The number of benzene rings is 3. The molecule has 0 aromatic heterocycles. The molecule has 0 unspecified atom stereocenters. The van der Waals surface area contributed by atoms with E-state index in [1.54, 1.807) is 41.3 Å². The third-order valence-corrected chi connectivity index (χ3v) is 8.52. The number of nitrogens with zero attached hydrogens (tertiary/aromatic N) is 1. The average Bonchev–Trinajstić information content (AvgIpc) is 2.88. The van der Waals surface area contributed by atoms with Crippen molar-refractivity contribution in [3.05, 3.63) is 71.8 Å². The maximum Gasteiger partial charge on any atom is 0.255 e. The smallest absolute Gasteiger partial charge is 0.255 e. The van der Waals surface area contributed by atoms with Gasteiger partial charge in [0, 0.05) is 41.2 Å². The van der Waals surface area contributed by atoms with Gasteiger partial charge in [-0.05, 0) is 49.4 Å². The number of rotatable bonds is 7. The van der Waals surface area contributed by atoms with E-state index >= 15 is 0 Å². The molecule has 0 spiro atoms. The number of anilines is 1. The van der Waals surface area contributed by atoms with Crippen LogP contribution in [-0.2, 0) is 14.8 Å². The van der Waals surface area contributed by atoms with Crippen LogP contribution >= 0.6 is 0 Å². The molecule has 1 atom stereocenters. The number of likely N-dealkylation sites (tertiary alicyclic amines) is 1. The molecule has 1 saturated heterocycles. The van der Waals surface area contributed by atoms with Crippen molar-refractivity contribution < 1.29 is 18.0 Å². The van der Waals surface area contributed by atoms with Gasteiger partial charge in [-0.15, -0.1) is 0 Å². The van der Waals surface area contributed by atoms with E-state index in [0.29, 0.717) is 48.0 Å². The molecule has 8 nitrogen and oxygen atoms in total. The number of aryl methyl sites for hydroxylation is 1. The Morgan fingerprint density at radius 1 is 0.946 bits per heavy atom. The molecule has 9 heteroatoms. The molecule has 37 heavy (non-hydrogen) atoms. The number of hydrogen-bond acceptors (Lipinski definition) is 5. The third-order valence-electron chi connectivity index (χ3n) is 6.94. The van der Waals surface area contributed by atoms with Gasteiger partial charge < -0.3 is 16.0 Å². The number of sulfonamides is 1. The minimum Gasteiger partial charge on any atom is -0.341 e. The zero-order chi connectivity index (χ0) is 26.7. The first-order chi connectivity index (χ1) is 17.6. The van der Waals surface area contributed by atoms with Gasteiger partial charge in [-0.2, -0.15) is 0 Å². The normalized spacial score (nSPS) is 15.6. The van der Waals surface area contributed by atoms with Gasteiger partial charge in [0.1, 0.15) is 0 Å². The van der Waals surface area contributed by atoms with Gasteiger partial charge in [-0.3, -0.25) is 9.59 Å². The SMILES string of the molecule is Cc1ccccc1C(=O)Nc1ccc(S(=O)(=O)NC2CCN(C(=O)[C@@H](N)C(C)C)CC2)c2ccccc12. The van der Waals surface area contributed by atoms with E-state index in [1.165, 1.54) is 6.07 Å². The Morgan fingerprint density at radius 2 is 1.57 bits per heavy atom.